The van der Waals surface area contributed by atoms with Gasteiger partial charge in [0.05, 0.1) is 0 Å². The van der Waals surface area contributed by atoms with Crippen LogP contribution in [0.3, 0.4) is 0 Å². The fraction of sp³-hybridized carbons (Fsp3) is 0.467. The van der Waals surface area contributed by atoms with E-state index in [9.17, 15) is 0 Å². The lowest BCUT2D eigenvalue weighted by Crippen LogP contribution is -2.35. The smallest absolute Gasteiger partial charge is 0.127 e. The maximum atomic E-state index is 5.84. The zero-order chi connectivity index (χ0) is 14.6. The highest BCUT2D eigenvalue weighted by atomic mass is 79.9. The van der Waals surface area contributed by atoms with Crippen LogP contribution in [0.1, 0.15) is 31.9 Å². The Labute approximate surface area is 132 Å². The molecule has 19 heavy (non-hydrogen) atoms. The van der Waals surface area contributed by atoms with Crippen molar-refractivity contribution in [2.75, 3.05) is 6.61 Å². The molecule has 1 aromatic rings. The summed E-state index contributed by atoms with van der Waals surface area (Å²) < 4.78 is 7.75. The van der Waals surface area contributed by atoms with Crippen molar-refractivity contribution in [3.05, 3.63) is 38.8 Å². The first-order valence-electron chi connectivity index (χ1n) is 6.19. The molecule has 0 aliphatic rings. The highest BCUT2D eigenvalue weighted by Crippen LogP contribution is 2.29. The molecule has 0 heterocycles. The van der Waals surface area contributed by atoms with Gasteiger partial charge in [0.1, 0.15) is 12.4 Å². The summed E-state index contributed by atoms with van der Waals surface area (Å²) in [6, 6.07) is 4.16. The van der Waals surface area contributed by atoms with E-state index in [0.29, 0.717) is 6.61 Å². The number of ether oxygens (including phenoxy) is 1. The number of nitrogens with one attached hydrogen (secondary N) is 1. The van der Waals surface area contributed by atoms with E-state index in [2.05, 4.69) is 83.6 Å². The molecule has 0 aromatic heterocycles. The van der Waals surface area contributed by atoms with Crippen molar-refractivity contribution in [2.24, 2.45) is 0 Å². The predicted octanol–water partition coefficient (Wildman–Crippen LogP) is 4.93. The second-order valence-corrected chi connectivity index (χ2v) is 7.66. The van der Waals surface area contributed by atoms with Gasteiger partial charge in [-0.2, -0.15) is 0 Å². The Morgan fingerprint density at radius 3 is 2.53 bits per heavy atom. The van der Waals surface area contributed by atoms with Crippen LogP contribution in [-0.2, 0) is 6.54 Å². The molecule has 106 valence electrons. The van der Waals surface area contributed by atoms with Crippen LogP contribution in [-0.4, -0.2) is 12.1 Å². The number of rotatable bonds is 5. The second-order valence-electron chi connectivity index (χ2n) is 5.62. The van der Waals surface area contributed by atoms with Crippen molar-refractivity contribution in [1.29, 1.82) is 0 Å². The molecule has 4 heteroatoms. The Bertz CT molecular complexity index is 464. The maximum Gasteiger partial charge on any atom is 0.127 e. The van der Waals surface area contributed by atoms with Gasteiger partial charge in [0.2, 0.25) is 0 Å². The van der Waals surface area contributed by atoms with Crippen LogP contribution in [0.4, 0.5) is 0 Å². The summed E-state index contributed by atoms with van der Waals surface area (Å²) in [6.45, 7) is 13.6. The maximum absolute atomic E-state index is 5.84. The van der Waals surface area contributed by atoms with Gasteiger partial charge in [-0.3, -0.25) is 0 Å². The molecular weight excluding hydrogens is 370 g/mol. The average molecular weight is 391 g/mol. The summed E-state index contributed by atoms with van der Waals surface area (Å²) in [7, 11) is 0. The topological polar surface area (TPSA) is 21.3 Å². The number of benzene rings is 1. The lowest BCUT2D eigenvalue weighted by Gasteiger charge is -2.22. The van der Waals surface area contributed by atoms with E-state index >= 15 is 0 Å². The molecule has 2 nitrogen and oxygen atoms in total. The van der Waals surface area contributed by atoms with Crippen LogP contribution in [0, 0.1) is 6.92 Å². The summed E-state index contributed by atoms with van der Waals surface area (Å²) >= 11 is 6.86. The van der Waals surface area contributed by atoms with Crippen molar-refractivity contribution in [3.63, 3.8) is 0 Å². The van der Waals surface area contributed by atoms with Crippen LogP contribution in [0.15, 0.2) is 27.7 Å². The monoisotopic (exact) mass is 389 g/mol. The van der Waals surface area contributed by atoms with E-state index in [1.807, 2.05) is 0 Å². The van der Waals surface area contributed by atoms with Crippen molar-refractivity contribution < 1.29 is 4.74 Å². The molecule has 0 amide bonds. The van der Waals surface area contributed by atoms with E-state index in [1.165, 1.54) is 0 Å². The second kappa shape index (κ2) is 6.91. The van der Waals surface area contributed by atoms with Gasteiger partial charge in [-0.15, -0.1) is 0 Å². The van der Waals surface area contributed by atoms with Crippen LogP contribution >= 0.6 is 31.9 Å². The van der Waals surface area contributed by atoms with Gasteiger partial charge in [-0.25, -0.2) is 0 Å². The third-order valence-corrected chi connectivity index (χ3v) is 3.19. The van der Waals surface area contributed by atoms with E-state index in [1.54, 1.807) is 0 Å². The summed E-state index contributed by atoms with van der Waals surface area (Å²) in [6.07, 6.45) is 0. The summed E-state index contributed by atoms with van der Waals surface area (Å²) in [4.78, 5) is 0. The Balaban J connectivity index is 2.95. The quantitative estimate of drug-likeness (QED) is 0.769. The Kier molecular flexibility index (Phi) is 6.09. The SMILES string of the molecule is C=C(Br)COc1c(C)cc(Br)cc1CNC(C)(C)C. The third-order valence-electron chi connectivity index (χ3n) is 2.50. The van der Waals surface area contributed by atoms with Crippen LogP contribution < -0.4 is 10.1 Å². The number of hydrogen-bond donors (Lipinski definition) is 1. The largest absolute Gasteiger partial charge is 0.488 e. The molecule has 0 unspecified atom stereocenters. The normalized spacial score (nSPS) is 11.5. The minimum atomic E-state index is 0.0759. The first-order valence-corrected chi connectivity index (χ1v) is 7.78. The molecule has 0 bridgehead atoms. The van der Waals surface area contributed by atoms with E-state index in [4.69, 9.17) is 4.74 Å². The lowest BCUT2D eigenvalue weighted by atomic mass is 10.1. The molecule has 0 aliphatic heterocycles. The van der Waals surface area contributed by atoms with Crippen LogP contribution in [0.2, 0.25) is 0 Å². The van der Waals surface area contributed by atoms with Crippen LogP contribution in [0.25, 0.3) is 0 Å². The Morgan fingerprint density at radius 1 is 1.37 bits per heavy atom. The van der Waals surface area contributed by atoms with Gasteiger partial charge >= 0.3 is 0 Å². The van der Waals surface area contributed by atoms with Gasteiger partial charge in [0.25, 0.3) is 0 Å². The molecule has 1 aromatic carbocycles. The Morgan fingerprint density at radius 2 is 2.00 bits per heavy atom. The first kappa shape index (κ1) is 16.7. The van der Waals surface area contributed by atoms with Crippen molar-refractivity contribution >= 4 is 31.9 Å². The van der Waals surface area contributed by atoms with Gasteiger partial charge in [0, 0.05) is 26.6 Å². The summed E-state index contributed by atoms with van der Waals surface area (Å²) in [5, 5.41) is 3.49. The first-order chi connectivity index (χ1) is 8.69. The number of hydrogen-bond acceptors (Lipinski definition) is 2. The molecule has 1 rings (SSSR count). The standard InChI is InChI=1S/C15H21Br2NO/c1-10-6-13(17)7-12(8-18-15(3,4)5)14(10)19-9-11(2)16/h6-7,18H,2,8-9H2,1,3-5H3. The predicted molar refractivity (Wildman–Crippen MR) is 89.0 cm³/mol. The van der Waals surface area contributed by atoms with Gasteiger partial charge in [0.15, 0.2) is 0 Å². The van der Waals surface area contributed by atoms with Crippen molar-refractivity contribution in [2.45, 2.75) is 39.8 Å². The highest BCUT2D eigenvalue weighted by molar-refractivity contribution is 9.11. The minimum absolute atomic E-state index is 0.0759. The van der Waals surface area contributed by atoms with E-state index < -0.39 is 0 Å². The molecule has 0 spiro atoms. The fourth-order valence-corrected chi connectivity index (χ4v) is 2.38. The van der Waals surface area contributed by atoms with Gasteiger partial charge in [-0.05, 0) is 45.4 Å². The molecule has 0 radical (unpaired) electrons. The molecule has 0 saturated heterocycles. The third kappa shape index (κ3) is 6.11. The summed E-state index contributed by atoms with van der Waals surface area (Å²) in [5.74, 6) is 0.931. The summed E-state index contributed by atoms with van der Waals surface area (Å²) in [5.41, 5.74) is 2.34. The zero-order valence-electron chi connectivity index (χ0n) is 11.9. The van der Waals surface area contributed by atoms with E-state index in [0.717, 1.165) is 32.4 Å². The molecule has 0 atom stereocenters. The van der Waals surface area contributed by atoms with Crippen LogP contribution in [0.5, 0.6) is 5.75 Å². The van der Waals surface area contributed by atoms with Gasteiger partial charge < -0.3 is 10.1 Å². The number of halogens is 2. The molecule has 1 N–H and O–H groups in total. The lowest BCUT2D eigenvalue weighted by molar-refractivity contribution is 0.348. The minimum Gasteiger partial charge on any atom is -0.488 e. The molecule has 0 aliphatic carbocycles. The van der Waals surface area contributed by atoms with Crippen molar-refractivity contribution in [1.82, 2.24) is 5.32 Å². The Hall–Kier alpha value is -0.320. The van der Waals surface area contributed by atoms with Gasteiger partial charge in [-0.1, -0.05) is 38.4 Å². The van der Waals surface area contributed by atoms with E-state index in [-0.39, 0.29) is 5.54 Å². The molecule has 0 fully saturated rings. The molecular formula is C15H21Br2NO. The zero-order valence-corrected chi connectivity index (χ0v) is 15.1. The molecule has 0 saturated carbocycles. The highest BCUT2D eigenvalue weighted by Gasteiger charge is 2.13. The number of aryl methyl sites for hydroxylation is 1. The fourth-order valence-electron chi connectivity index (χ4n) is 1.65. The van der Waals surface area contributed by atoms with Crippen molar-refractivity contribution in [3.8, 4) is 5.75 Å². The average Bonchev–Trinajstić information content (AvgIpc) is 2.23.